The number of nitrogens with zero attached hydrogens (tertiary/aromatic N) is 1. The summed E-state index contributed by atoms with van der Waals surface area (Å²) in [7, 11) is 1.74. The molecule has 0 radical (unpaired) electrons. The zero-order valence-electron chi connectivity index (χ0n) is 11.6. The molecule has 0 aromatic carbocycles. The van der Waals surface area contributed by atoms with Crippen LogP contribution in [0.4, 0.5) is 4.79 Å². The predicted molar refractivity (Wildman–Crippen MR) is 71.3 cm³/mol. The van der Waals surface area contributed by atoms with E-state index in [9.17, 15) is 9.90 Å². The van der Waals surface area contributed by atoms with Gasteiger partial charge in [0.15, 0.2) is 0 Å². The third-order valence-corrected chi connectivity index (χ3v) is 4.22. The maximum Gasteiger partial charge on any atom is 0.317 e. The molecule has 2 N–H and O–H groups in total. The van der Waals surface area contributed by atoms with Crippen LogP contribution in [0, 0.1) is 11.8 Å². The summed E-state index contributed by atoms with van der Waals surface area (Å²) in [6, 6.07) is 0.297. The highest BCUT2D eigenvalue weighted by molar-refractivity contribution is 5.74. The highest BCUT2D eigenvalue weighted by Gasteiger charge is 2.35. The van der Waals surface area contributed by atoms with E-state index < -0.39 is 6.10 Å². The van der Waals surface area contributed by atoms with Crippen LogP contribution < -0.4 is 5.32 Å². The van der Waals surface area contributed by atoms with E-state index in [4.69, 9.17) is 0 Å². The van der Waals surface area contributed by atoms with Crippen molar-refractivity contribution in [2.45, 2.75) is 57.6 Å². The molecule has 3 atom stereocenters. The molecule has 3 unspecified atom stereocenters. The Morgan fingerprint density at radius 3 is 2.67 bits per heavy atom. The second-order valence-corrected chi connectivity index (χ2v) is 6.14. The molecule has 2 aliphatic rings. The van der Waals surface area contributed by atoms with Crippen LogP contribution in [0.3, 0.4) is 0 Å². The van der Waals surface area contributed by atoms with E-state index in [-0.39, 0.29) is 6.03 Å². The first-order valence-corrected chi connectivity index (χ1v) is 7.26. The molecule has 2 aliphatic carbocycles. The second kappa shape index (κ2) is 5.91. The maximum atomic E-state index is 11.9. The fraction of sp³-hybridized carbons (Fsp3) is 0.929. The van der Waals surface area contributed by atoms with E-state index in [0.29, 0.717) is 12.6 Å². The minimum atomic E-state index is -0.466. The number of carbonyl (C=O) groups is 1. The van der Waals surface area contributed by atoms with E-state index >= 15 is 0 Å². The van der Waals surface area contributed by atoms with Crippen LogP contribution in [0.5, 0.6) is 0 Å². The number of nitrogens with one attached hydrogen (secondary N) is 1. The van der Waals surface area contributed by atoms with Crippen molar-refractivity contribution in [3.63, 3.8) is 0 Å². The first-order chi connectivity index (χ1) is 8.56. The van der Waals surface area contributed by atoms with Gasteiger partial charge in [0.2, 0.25) is 0 Å². The summed E-state index contributed by atoms with van der Waals surface area (Å²) in [6.07, 6.45) is 7.18. The highest BCUT2D eigenvalue weighted by Crippen LogP contribution is 2.43. The lowest BCUT2D eigenvalue weighted by molar-refractivity contribution is 0.139. The van der Waals surface area contributed by atoms with E-state index in [2.05, 4.69) is 5.32 Å². The number of urea groups is 1. The fourth-order valence-corrected chi connectivity index (χ4v) is 3.12. The normalized spacial score (nSPS) is 29.7. The lowest BCUT2D eigenvalue weighted by atomic mass is 9.83. The zero-order chi connectivity index (χ0) is 13.1. The third kappa shape index (κ3) is 3.87. The topological polar surface area (TPSA) is 52.6 Å². The molecule has 4 heteroatoms. The number of rotatable bonds is 4. The Bertz CT molecular complexity index is 290. The summed E-state index contributed by atoms with van der Waals surface area (Å²) in [5.41, 5.74) is 0. The van der Waals surface area contributed by atoms with Gasteiger partial charge in [0, 0.05) is 19.6 Å². The average molecular weight is 254 g/mol. The standard InChI is InChI=1S/C14H26N2O2/c1-10(17)9-16(2)14(18)15-13-5-3-4-12(8-13)11-6-7-11/h10-13,17H,3-9H2,1-2H3,(H,15,18). The Labute approximate surface area is 110 Å². The molecule has 2 amide bonds. The van der Waals surface area contributed by atoms with Gasteiger partial charge in [-0.05, 0) is 44.4 Å². The molecule has 2 rings (SSSR count). The van der Waals surface area contributed by atoms with Crippen molar-refractivity contribution < 1.29 is 9.90 Å². The Balaban J connectivity index is 1.75. The highest BCUT2D eigenvalue weighted by atomic mass is 16.3. The van der Waals surface area contributed by atoms with Crippen LogP contribution in [0.2, 0.25) is 0 Å². The van der Waals surface area contributed by atoms with Crippen LogP contribution in [-0.2, 0) is 0 Å². The molecule has 0 saturated heterocycles. The molecule has 18 heavy (non-hydrogen) atoms. The largest absolute Gasteiger partial charge is 0.392 e. The van der Waals surface area contributed by atoms with Crippen molar-refractivity contribution in [3.05, 3.63) is 0 Å². The average Bonchev–Trinajstić information content (AvgIpc) is 3.12. The molecule has 104 valence electrons. The monoisotopic (exact) mass is 254 g/mol. The van der Waals surface area contributed by atoms with Crippen molar-refractivity contribution in [3.8, 4) is 0 Å². The SMILES string of the molecule is CC(O)CN(C)C(=O)NC1CCCC(C2CC2)C1. The van der Waals surface area contributed by atoms with Gasteiger partial charge in [0.05, 0.1) is 6.10 Å². The lowest BCUT2D eigenvalue weighted by Crippen LogP contribution is -2.46. The number of aliphatic hydroxyl groups excluding tert-OH is 1. The molecule has 0 spiro atoms. The van der Waals surface area contributed by atoms with Crippen molar-refractivity contribution >= 4 is 6.03 Å². The molecule has 0 aromatic rings. The van der Waals surface area contributed by atoms with Gasteiger partial charge >= 0.3 is 6.03 Å². The van der Waals surface area contributed by atoms with E-state index in [0.717, 1.165) is 24.7 Å². The van der Waals surface area contributed by atoms with E-state index in [1.54, 1.807) is 18.9 Å². The van der Waals surface area contributed by atoms with Crippen LogP contribution in [0.25, 0.3) is 0 Å². The van der Waals surface area contributed by atoms with Gasteiger partial charge in [-0.15, -0.1) is 0 Å². The number of aliphatic hydroxyl groups is 1. The second-order valence-electron chi connectivity index (χ2n) is 6.14. The van der Waals surface area contributed by atoms with Crippen LogP contribution in [0.1, 0.15) is 45.4 Å². The van der Waals surface area contributed by atoms with E-state index in [1.807, 2.05) is 0 Å². The quantitative estimate of drug-likeness (QED) is 0.806. The molecule has 0 aliphatic heterocycles. The molecule has 0 bridgehead atoms. The molecule has 2 fully saturated rings. The summed E-state index contributed by atoms with van der Waals surface area (Å²) in [4.78, 5) is 13.5. The van der Waals surface area contributed by atoms with Gasteiger partial charge < -0.3 is 15.3 Å². The minimum Gasteiger partial charge on any atom is -0.392 e. The number of hydrogen-bond acceptors (Lipinski definition) is 2. The van der Waals surface area contributed by atoms with Crippen LogP contribution in [-0.4, -0.2) is 41.8 Å². The first-order valence-electron chi connectivity index (χ1n) is 7.26. The van der Waals surface area contributed by atoms with Crippen molar-refractivity contribution in [1.29, 1.82) is 0 Å². The van der Waals surface area contributed by atoms with Crippen LogP contribution in [0.15, 0.2) is 0 Å². The molecule has 4 nitrogen and oxygen atoms in total. The first kappa shape index (κ1) is 13.7. The smallest absolute Gasteiger partial charge is 0.317 e. The van der Waals surface area contributed by atoms with Crippen molar-refractivity contribution in [1.82, 2.24) is 10.2 Å². The van der Waals surface area contributed by atoms with Gasteiger partial charge in [0.1, 0.15) is 0 Å². The van der Waals surface area contributed by atoms with Crippen LogP contribution >= 0.6 is 0 Å². The predicted octanol–water partition coefficient (Wildman–Crippen LogP) is 1.98. The van der Waals surface area contributed by atoms with Crippen molar-refractivity contribution in [2.24, 2.45) is 11.8 Å². The Hall–Kier alpha value is -0.770. The van der Waals surface area contributed by atoms with Gasteiger partial charge in [-0.1, -0.05) is 12.8 Å². The molecular formula is C14H26N2O2. The van der Waals surface area contributed by atoms with E-state index in [1.165, 1.54) is 25.7 Å². The zero-order valence-corrected chi connectivity index (χ0v) is 11.6. The molecule has 2 saturated carbocycles. The summed E-state index contributed by atoms with van der Waals surface area (Å²) in [5, 5.41) is 12.4. The van der Waals surface area contributed by atoms with Gasteiger partial charge in [0.25, 0.3) is 0 Å². The molecule has 0 heterocycles. The lowest BCUT2D eigenvalue weighted by Gasteiger charge is -2.31. The number of hydrogen-bond donors (Lipinski definition) is 2. The Kier molecular flexibility index (Phi) is 4.49. The summed E-state index contributed by atoms with van der Waals surface area (Å²) in [6.45, 7) is 2.10. The molecular weight excluding hydrogens is 228 g/mol. The number of amides is 2. The number of likely N-dealkylation sites (N-methyl/N-ethyl adjacent to an activating group) is 1. The Morgan fingerprint density at radius 1 is 1.33 bits per heavy atom. The van der Waals surface area contributed by atoms with Gasteiger partial charge in [-0.25, -0.2) is 4.79 Å². The fourth-order valence-electron chi connectivity index (χ4n) is 3.12. The summed E-state index contributed by atoms with van der Waals surface area (Å²) in [5.74, 6) is 1.78. The number of carbonyl (C=O) groups excluding carboxylic acids is 1. The maximum absolute atomic E-state index is 11.9. The third-order valence-electron chi connectivity index (χ3n) is 4.22. The van der Waals surface area contributed by atoms with Gasteiger partial charge in [-0.2, -0.15) is 0 Å². The van der Waals surface area contributed by atoms with Gasteiger partial charge in [-0.3, -0.25) is 0 Å². The summed E-state index contributed by atoms with van der Waals surface area (Å²) >= 11 is 0. The van der Waals surface area contributed by atoms with Crippen molar-refractivity contribution in [2.75, 3.05) is 13.6 Å². The molecule has 0 aromatic heterocycles. The summed E-state index contributed by atoms with van der Waals surface area (Å²) < 4.78 is 0. The Morgan fingerprint density at radius 2 is 2.06 bits per heavy atom. The minimum absolute atomic E-state index is 0.0441.